The SMILES string of the molecule is COCCOc1ccc(N2C(=S)N[C@H](c3ccccn3)[C@H]2c2ccc(Sc3ccc(Cl)cc3)o2)cc1Cl. The first-order chi connectivity index (χ1) is 18.0. The van der Waals surface area contributed by atoms with Crippen LogP contribution in [0.25, 0.3) is 0 Å². The average molecular weight is 573 g/mol. The Morgan fingerprint density at radius 1 is 1.05 bits per heavy atom. The van der Waals surface area contributed by atoms with Crippen LogP contribution in [0.3, 0.4) is 0 Å². The van der Waals surface area contributed by atoms with Gasteiger partial charge in [-0.3, -0.25) is 4.98 Å². The third-order valence-electron chi connectivity index (χ3n) is 5.76. The number of pyridine rings is 1. The van der Waals surface area contributed by atoms with Crippen molar-refractivity contribution in [3.05, 3.63) is 100 Å². The van der Waals surface area contributed by atoms with E-state index in [1.807, 2.05) is 77.7 Å². The van der Waals surface area contributed by atoms with Gasteiger partial charge >= 0.3 is 0 Å². The van der Waals surface area contributed by atoms with Crippen LogP contribution in [0, 0.1) is 0 Å². The summed E-state index contributed by atoms with van der Waals surface area (Å²) in [6, 6.07) is 22.5. The fourth-order valence-corrected chi connectivity index (χ4v) is 5.56. The van der Waals surface area contributed by atoms with E-state index in [0.717, 1.165) is 27.1 Å². The molecule has 37 heavy (non-hydrogen) atoms. The van der Waals surface area contributed by atoms with Crippen molar-refractivity contribution >= 4 is 58.0 Å². The molecule has 2 atom stereocenters. The van der Waals surface area contributed by atoms with Crippen LogP contribution in [0.2, 0.25) is 10.0 Å². The van der Waals surface area contributed by atoms with E-state index in [9.17, 15) is 0 Å². The van der Waals surface area contributed by atoms with Gasteiger partial charge in [0.1, 0.15) is 24.2 Å². The summed E-state index contributed by atoms with van der Waals surface area (Å²) in [7, 11) is 1.63. The highest BCUT2D eigenvalue weighted by Crippen LogP contribution is 2.44. The zero-order chi connectivity index (χ0) is 25.8. The Kier molecular flexibility index (Phi) is 8.22. The van der Waals surface area contributed by atoms with Crippen molar-refractivity contribution in [3.63, 3.8) is 0 Å². The van der Waals surface area contributed by atoms with E-state index in [0.29, 0.717) is 34.1 Å². The first-order valence-electron chi connectivity index (χ1n) is 11.5. The van der Waals surface area contributed by atoms with Gasteiger partial charge in [0, 0.05) is 28.9 Å². The van der Waals surface area contributed by atoms with Gasteiger partial charge in [0.25, 0.3) is 0 Å². The lowest BCUT2D eigenvalue weighted by Gasteiger charge is -2.26. The van der Waals surface area contributed by atoms with Crippen LogP contribution in [0.1, 0.15) is 23.5 Å². The Bertz CT molecular complexity index is 1370. The molecule has 6 nitrogen and oxygen atoms in total. The van der Waals surface area contributed by atoms with Crippen molar-refractivity contribution < 1.29 is 13.9 Å². The van der Waals surface area contributed by atoms with E-state index < -0.39 is 0 Å². The molecule has 1 aliphatic heterocycles. The minimum absolute atomic E-state index is 0.232. The number of ether oxygens (including phenoxy) is 2. The Hall–Kier alpha value is -2.75. The number of hydrogen-bond donors (Lipinski definition) is 1. The Morgan fingerprint density at radius 2 is 1.89 bits per heavy atom. The standard InChI is InChI=1S/C27H23Cl2N3O3S2/c1-33-14-15-34-22-10-7-18(16-20(22)29)32-26(25(31-27(32)36)21-4-2-3-13-30-21)23-11-12-24(35-23)37-19-8-5-17(28)6-9-19/h2-13,16,25-26H,14-15H2,1H3,(H,31,36)/t25-,26-/m1/s1. The van der Waals surface area contributed by atoms with Gasteiger partial charge in [-0.1, -0.05) is 41.0 Å². The highest BCUT2D eigenvalue weighted by Gasteiger charge is 2.42. The third-order valence-corrected chi connectivity index (χ3v) is 7.55. The van der Waals surface area contributed by atoms with Gasteiger partial charge in [0.15, 0.2) is 10.2 Å². The minimum Gasteiger partial charge on any atom is -0.490 e. The molecule has 1 saturated heterocycles. The van der Waals surface area contributed by atoms with E-state index in [2.05, 4.69) is 10.3 Å². The Balaban J connectivity index is 1.48. The van der Waals surface area contributed by atoms with Gasteiger partial charge in [0.2, 0.25) is 0 Å². The second kappa shape index (κ2) is 11.8. The molecule has 4 aromatic rings. The van der Waals surface area contributed by atoms with E-state index in [4.69, 9.17) is 49.3 Å². The van der Waals surface area contributed by atoms with Crippen LogP contribution < -0.4 is 15.0 Å². The number of anilines is 1. The predicted octanol–water partition coefficient (Wildman–Crippen LogP) is 7.33. The van der Waals surface area contributed by atoms with Crippen LogP contribution in [-0.4, -0.2) is 30.4 Å². The molecule has 190 valence electrons. The van der Waals surface area contributed by atoms with Gasteiger partial charge in [-0.25, -0.2) is 0 Å². The summed E-state index contributed by atoms with van der Waals surface area (Å²) in [4.78, 5) is 7.63. The topological polar surface area (TPSA) is 59.8 Å². The number of furan rings is 1. The van der Waals surface area contributed by atoms with Gasteiger partial charge in [-0.2, -0.15) is 0 Å². The quantitative estimate of drug-likeness (QED) is 0.165. The summed E-state index contributed by atoms with van der Waals surface area (Å²) in [6.45, 7) is 0.880. The van der Waals surface area contributed by atoms with E-state index in [-0.39, 0.29) is 12.1 Å². The van der Waals surface area contributed by atoms with Crippen molar-refractivity contribution in [2.24, 2.45) is 0 Å². The maximum atomic E-state index is 6.58. The van der Waals surface area contributed by atoms with E-state index in [1.165, 1.54) is 11.8 Å². The molecule has 0 bridgehead atoms. The number of hydrogen-bond acceptors (Lipinski definition) is 6. The Morgan fingerprint density at radius 3 is 2.62 bits per heavy atom. The molecule has 3 heterocycles. The average Bonchev–Trinajstić information content (AvgIpc) is 3.51. The molecular formula is C27H23Cl2N3O3S2. The van der Waals surface area contributed by atoms with Gasteiger partial charge in [0.05, 0.1) is 23.4 Å². The normalized spacial score (nSPS) is 17.2. The van der Waals surface area contributed by atoms with Crippen LogP contribution in [-0.2, 0) is 4.74 Å². The first-order valence-corrected chi connectivity index (χ1v) is 13.5. The van der Waals surface area contributed by atoms with Crippen molar-refractivity contribution in [2.45, 2.75) is 22.1 Å². The number of thiocarbonyl (C=S) groups is 1. The van der Waals surface area contributed by atoms with E-state index in [1.54, 1.807) is 13.3 Å². The lowest BCUT2D eigenvalue weighted by molar-refractivity contribution is 0.146. The summed E-state index contributed by atoms with van der Waals surface area (Å²) < 4.78 is 17.1. The lowest BCUT2D eigenvalue weighted by Crippen LogP contribution is -2.29. The molecule has 1 N–H and O–H groups in total. The summed E-state index contributed by atoms with van der Waals surface area (Å²) in [6.07, 6.45) is 1.77. The second-order valence-electron chi connectivity index (χ2n) is 8.17. The second-order valence-corrected chi connectivity index (χ2v) is 10.5. The van der Waals surface area contributed by atoms with Crippen LogP contribution in [0.5, 0.6) is 5.75 Å². The van der Waals surface area contributed by atoms with Crippen LogP contribution in [0.4, 0.5) is 5.69 Å². The number of benzene rings is 2. The van der Waals surface area contributed by atoms with Crippen LogP contribution in [0.15, 0.2) is 93.4 Å². The Labute approximate surface area is 234 Å². The minimum atomic E-state index is -0.293. The summed E-state index contributed by atoms with van der Waals surface area (Å²) in [5.41, 5.74) is 1.67. The van der Waals surface area contributed by atoms with Gasteiger partial charge in [-0.15, -0.1) is 0 Å². The van der Waals surface area contributed by atoms with Crippen molar-refractivity contribution in [1.82, 2.24) is 10.3 Å². The van der Waals surface area contributed by atoms with E-state index >= 15 is 0 Å². The first kappa shape index (κ1) is 25.9. The van der Waals surface area contributed by atoms with Crippen LogP contribution >= 0.6 is 47.2 Å². The zero-order valence-electron chi connectivity index (χ0n) is 19.8. The van der Waals surface area contributed by atoms with Crippen molar-refractivity contribution in [3.8, 4) is 5.75 Å². The summed E-state index contributed by atoms with van der Waals surface area (Å²) >= 11 is 19.9. The van der Waals surface area contributed by atoms with Gasteiger partial charge < -0.3 is 24.1 Å². The molecule has 0 aliphatic carbocycles. The molecule has 1 fully saturated rings. The fourth-order valence-electron chi connectivity index (χ4n) is 4.08. The maximum Gasteiger partial charge on any atom is 0.174 e. The molecule has 2 aromatic carbocycles. The largest absolute Gasteiger partial charge is 0.490 e. The number of halogens is 2. The summed E-state index contributed by atoms with van der Waals surface area (Å²) in [5.74, 6) is 1.33. The molecule has 0 unspecified atom stereocenters. The van der Waals surface area contributed by atoms with Gasteiger partial charge in [-0.05, 0) is 78.9 Å². The van der Waals surface area contributed by atoms with Crippen molar-refractivity contribution in [2.75, 3.05) is 25.2 Å². The maximum absolute atomic E-state index is 6.58. The molecule has 0 radical (unpaired) electrons. The highest BCUT2D eigenvalue weighted by atomic mass is 35.5. The number of nitrogens with one attached hydrogen (secondary N) is 1. The molecule has 1 aliphatic rings. The molecule has 0 amide bonds. The molecule has 5 rings (SSSR count). The number of nitrogens with zero attached hydrogens (tertiary/aromatic N) is 2. The molecule has 10 heteroatoms. The fraction of sp³-hybridized carbons (Fsp3) is 0.185. The third kappa shape index (κ3) is 5.89. The number of rotatable bonds is 9. The molecular weight excluding hydrogens is 549 g/mol. The monoisotopic (exact) mass is 571 g/mol. The number of methoxy groups -OCH3 is 1. The zero-order valence-corrected chi connectivity index (χ0v) is 22.9. The van der Waals surface area contributed by atoms with Crippen molar-refractivity contribution in [1.29, 1.82) is 0 Å². The molecule has 2 aromatic heterocycles. The lowest BCUT2D eigenvalue weighted by atomic mass is 10.0. The smallest absolute Gasteiger partial charge is 0.174 e. The molecule has 0 spiro atoms. The molecule has 0 saturated carbocycles. The summed E-state index contributed by atoms with van der Waals surface area (Å²) in [5, 5.41) is 5.91. The predicted molar refractivity (Wildman–Crippen MR) is 151 cm³/mol. The highest BCUT2D eigenvalue weighted by molar-refractivity contribution is 7.99. The number of aromatic nitrogens is 1.